The normalized spacial score (nSPS) is 18.9. The highest BCUT2D eigenvalue weighted by Gasteiger charge is 2.21. The molecule has 1 heterocycles. The second kappa shape index (κ2) is 12.9. The molecule has 3 rings (SSSR count). The number of benzene rings is 1. The van der Waals surface area contributed by atoms with Gasteiger partial charge in [0.05, 0.1) is 11.4 Å². The van der Waals surface area contributed by atoms with E-state index in [4.69, 9.17) is 0 Å². The van der Waals surface area contributed by atoms with E-state index in [1.54, 1.807) is 6.07 Å². The fourth-order valence-corrected chi connectivity index (χ4v) is 5.03. The molecule has 0 spiro atoms. The van der Waals surface area contributed by atoms with Crippen LogP contribution in [0.1, 0.15) is 102 Å². The van der Waals surface area contributed by atoms with Gasteiger partial charge in [0.1, 0.15) is 5.82 Å². The summed E-state index contributed by atoms with van der Waals surface area (Å²) in [5.74, 6) is 1.59. The van der Waals surface area contributed by atoms with Crippen LogP contribution in [0.4, 0.5) is 4.39 Å². The molecule has 0 radical (unpaired) electrons. The smallest absolute Gasteiger partial charge is 0.132 e. The summed E-state index contributed by atoms with van der Waals surface area (Å²) < 4.78 is 14.7. The van der Waals surface area contributed by atoms with E-state index in [1.165, 1.54) is 70.6 Å². The Morgan fingerprint density at radius 3 is 2.16 bits per heavy atom. The van der Waals surface area contributed by atoms with Gasteiger partial charge >= 0.3 is 0 Å². The van der Waals surface area contributed by atoms with Crippen LogP contribution in [0.15, 0.2) is 30.3 Å². The Hall–Kier alpha value is -1.77. The van der Waals surface area contributed by atoms with E-state index in [1.807, 2.05) is 18.2 Å². The van der Waals surface area contributed by atoms with Crippen molar-refractivity contribution in [3.8, 4) is 11.3 Å². The number of aromatic nitrogens is 2. The van der Waals surface area contributed by atoms with Crippen LogP contribution in [0.5, 0.6) is 0 Å². The molecule has 0 N–H and O–H groups in total. The first-order valence-corrected chi connectivity index (χ1v) is 12.8. The third-order valence-corrected chi connectivity index (χ3v) is 7.06. The molecule has 0 atom stereocenters. The summed E-state index contributed by atoms with van der Waals surface area (Å²) in [6.07, 6.45) is 18.1. The van der Waals surface area contributed by atoms with E-state index in [9.17, 15) is 4.39 Å². The van der Waals surface area contributed by atoms with E-state index in [-0.39, 0.29) is 5.82 Å². The number of hydrogen-bond donors (Lipinski definition) is 0. The summed E-state index contributed by atoms with van der Waals surface area (Å²) in [5.41, 5.74) is 3.25. The molecule has 0 bridgehead atoms. The number of hydrogen-bond acceptors (Lipinski definition) is 2. The van der Waals surface area contributed by atoms with Crippen LogP contribution >= 0.6 is 0 Å². The summed E-state index contributed by atoms with van der Waals surface area (Å²) in [5, 5.41) is 8.46. The first kappa shape index (κ1) is 23.9. The van der Waals surface area contributed by atoms with Crippen LogP contribution in [-0.4, -0.2) is 10.2 Å². The van der Waals surface area contributed by atoms with Crippen molar-refractivity contribution in [2.24, 2.45) is 11.8 Å². The Morgan fingerprint density at radius 2 is 1.52 bits per heavy atom. The van der Waals surface area contributed by atoms with Gasteiger partial charge in [-0.25, -0.2) is 4.39 Å². The number of aryl methyl sites for hydroxylation is 2. The monoisotopic (exact) mass is 424 g/mol. The van der Waals surface area contributed by atoms with Gasteiger partial charge in [-0.3, -0.25) is 0 Å². The average Bonchev–Trinajstić information content (AvgIpc) is 2.79. The Bertz CT molecular complexity index is 763. The summed E-state index contributed by atoms with van der Waals surface area (Å²) in [6.45, 7) is 4.40. The number of nitrogens with zero attached hydrogens (tertiary/aromatic N) is 2. The van der Waals surface area contributed by atoms with Gasteiger partial charge in [0.2, 0.25) is 0 Å². The molecule has 31 heavy (non-hydrogen) atoms. The lowest BCUT2D eigenvalue weighted by atomic mass is 9.77. The van der Waals surface area contributed by atoms with Gasteiger partial charge in [0.25, 0.3) is 0 Å². The fourth-order valence-electron chi connectivity index (χ4n) is 5.03. The van der Waals surface area contributed by atoms with Gasteiger partial charge in [-0.1, -0.05) is 90.5 Å². The van der Waals surface area contributed by atoms with Gasteiger partial charge in [-0.15, -0.1) is 0 Å². The molecular formula is C28H41FN2. The standard InChI is InChI=1S/C28H41FN2/c1-3-5-6-7-8-10-22-11-13-23(14-12-22)15-16-24-17-19-26(27(29)21-24)28-20-18-25(9-4-2)30-31-28/h17-23H,3-16H2,1-2H3. The third-order valence-electron chi connectivity index (χ3n) is 7.06. The van der Waals surface area contributed by atoms with Gasteiger partial charge < -0.3 is 0 Å². The Kier molecular flexibility index (Phi) is 9.96. The van der Waals surface area contributed by atoms with Crippen molar-refractivity contribution >= 4 is 0 Å². The van der Waals surface area contributed by atoms with Gasteiger partial charge in [-0.2, -0.15) is 10.2 Å². The topological polar surface area (TPSA) is 25.8 Å². The lowest BCUT2D eigenvalue weighted by Crippen LogP contribution is -2.15. The van der Waals surface area contributed by atoms with Gasteiger partial charge in [0, 0.05) is 5.56 Å². The zero-order valence-corrected chi connectivity index (χ0v) is 19.7. The molecule has 3 heteroatoms. The summed E-state index contributed by atoms with van der Waals surface area (Å²) in [7, 11) is 0. The van der Waals surface area contributed by atoms with Crippen LogP contribution in [0.3, 0.4) is 0 Å². The second-order valence-electron chi connectivity index (χ2n) is 9.60. The van der Waals surface area contributed by atoms with E-state index in [0.717, 1.165) is 42.4 Å². The predicted octanol–water partition coefficient (Wildman–Crippen LogP) is 8.33. The number of halogens is 1. The SMILES string of the molecule is CCCCCCCC1CCC(CCc2ccc(-c3ccc(CCC)nn3)c(F)c2)CC1. The van der Waals surface area contributed by atoms with Crippen molar-refractivity contribution in [2.75, 3.05) is 0 Å². The molecule has 1 aromatic carbocycles. The Morgan fingerprint density at radius 1 is 0.774 bits per heavy atom. The molecule has 1 aliphatic carbocycles. The Labute approximate surface area is 189 Å². The highest BCUT2D eigenvalue weighted by molar-refractivity contribution is 5.59. The molecular weight excluding hydrogens is 383 g/mol. The maximum atomic E-state index is 14.7. The van der Waals surface area contributed by atoms with Crippen molar-refractivity contribution < 1.29 is 4.39 Å². The van der Waals surface area contributed by atoms with Gasteiger partial charge in [-0.05, 0) is 60.9 Å². The molecule has 2 nitrogen and oxygen atoms in total. The van der Waals surface area contributed by atoms with Crippen molar-refractivity contribution in [1.29, 1.82) is 0 Å². The molecule has 2 aromatic rings. The quantitative estimate of drug-likeness (QED) is 0.320. The highest BCUT2D eigenvalue weighted by atomic mass is 19.1. The van der Waals surface area contributed by atoms with Crippen molar-refractivity contribution in [3.05, 3.63) is 47.4 Å². The zero-order valence-electron chi connectivity index (χ0n) is 19.7. The van der Waals surface area contributed by atoms with Gasteiger partial charge in [0.15, 0.2) is 0 Å². The number of rotatable bonds is 12. The van der Waals surface area contributed by atoms with Crippen LogP contribution < -0.4 is 0 Å². The van der Waals surface area contributed by atoms with E-state index in [0.29, 0.717) is 11.3 Å². The summed E-state index contributed by atoms with van der Waals surface area (Å²) in [4.78, 5) is 0. The molecule has 1 fully saturated rings. The predicted molar refractivity (Wildman–Crippen MR) is 129 cm³/mol. The molecule has 1 aliphatic rings. The maximum Gasteiger partial charge on any atom is 0.132 e. The van der Waals surface area contributed by atoms with Crippen molar-refractivity contribution in [3.63, 3.8) is 0 Å². The molecule has 0 amide bonds. The summed E-state index contributed by atoms with van der Waals surface area (Å²) >= 11 is 0. The lowest BCUT2D eigenvalue weighted by Gasteiger charge is -2.28. The zero-order chi connectivity index (χ0) is 21.9. The molecule has 170 valence electrons. The summed E-state index contributed by atoms with van der Waals surface area (Å²) in [6, 6.07) is 9.50. The number of unbranched alkanes of at least 4 members (excludes halogenated alkanes) is 4. The van der Waals surface area contributed by atoms with E-state index < -0.39 is 0 Å². The highest BCUT2D eigenvalue weighted by Crippen LogP contribution is 2.34. The third kappa shape index (κ3) is 7.70. The minimum absolute atomic E-state index is 0.179. The van der Waals surface area contributed by atoms with E-state index >= 15 is 0 Å². The molecule has 1 saturated carbocycles. The van der Waals surface area contributed by atoms with E-state index in [2.05, 4.69) is 30.1 Å². The Balaban J connectivity index is 1.42. The minimum atomic E-state index is -0.179. The lowest BCUT2D eigenvalue weighted by molar-refractivity contribution is 0.248. The van der Waals surface area contributed by atoms with Crippen LogP contribution in [-0.2, 0) is 12.8 Å². The average molecular weight is 425 g/mol. The maximum absolute atomic E-state index is 14.7. The van der Waals surface area contributed by atoms with Crippen molar-refractivity contribution in [1.82, 2.24) is 10.2 Å². The van der Waals surface area contributed by atoms with Crippen LogP contribution in [0.25, 0.3) is 11.3 Å². The molecule has 1 aromatic heterocycles. The largest absolute Gasteiger partial charge is 0.206 e. The van der Waals surface area contributed by atoms with Crippen LogP contribution in [0.2, 0.25) is 0 Å². The van der Waals surface area contributed by atoms with Crippen LogP contribution in [0, 0.1) is 17.7 Å². The molecule has 0 aliphatic heterocycles. The molecule has 0 unspecified atom stereocenters. The molecule has 0 saturated heterocycles. The minimum Gasteiger partial charge on any atom is -0.206 e. The second-order valence-corrected chi connectivity index (χ2v) is 9.60. The van der Waals surface area contributed by atoms with Crippen molar-refractivity contribution in [2.45, 2.75) is 104 Å². The first-order valence-electron chi connectivity index (χ1n) is 12.8. The fraction of sp³-hybridized carbons (Fsp3) is 0.643. The first-order chi connectivity index (χ1) is 15.2.